The third-order valence-corrected chi connectivity index (χ3v) is 7.25. The highest BCUT2D eigenvalue weighted by Gasteiger charge is 2.48. The number of hydrogen-bond acceptors (Lipinski definition) is 11. The van der Waals surface area contributed by atoms with Crippen LogP contribution in [0.5, 0.6) is 0 Å². The van der Waals surface area contributed by atoms with E-state index in [9.17, 15) is 29.8 Å². The Kier molecular flexibility index (Phi) is 9.81. The number of pyridine rings is 2. The van der Waals surface area contributed by atoms with Crippen LogP contribution in [0.2, 0.25) is 0 Å². The van der Waals surface area contributed by atoms with Gasteiger partial charge >= 0.3 is 36.0 Å². The van der Waals surface area contributed by atoms with Crippen LogP contribution in [0, 0.1) is 15.0 Å². The van der Waals surface area contributed by atoms with Crippen molar-refractivity contribution in [2.75, 3.05) is 26.2 Å². The zero-order chi connectivity index (χ0) is 30.3. The first kappa shape index (κ1) is 30.9. The molecule has 2 aromatic rings. The van der Waals surface area contributed by atoms with Crippen molar-refractivity contribution in [2.24, 2.45) is 0 Å². The van der Waals surface area contributed by atoms with Gasteiger partial charge in [-0.15, -0.1) is 0 Å². The smallest absolute Gasteiger partial charge is 0.327 e. The summed E-state index contributed by atoms with van der Waals surface area (Å²) in [5.74, 6) is -1.35. The van der Waals surface area contributed by atoms with E-state index in [-0.39, 0.29) is 50.7 Å². The fraction of sp³-hybridized carbons (Fsp3) is 0.333. The van der Waals surface area contributed by atoms with Crippen molar-refractivity contribution in [3.63, 3.8) is 0 Å². The quantitative estimate of drug-likeness (QED) is 0.176. The van der Waals surface area contributed by atoms with Crippen molar-refractivity contribution >= 4 is 43.8 Å². The first-order chi connectivity index (χ1) is 20.0. The molecule has 0 radical (unpaired) electrons. The minimum atomic E-state index is -0.785. The lowest BCUT2D eigenvalue weighted by molar-refractivity contribution is -1.07. The lowest BCUT2D eigenvalue weighted by atomic mass is 10.2. The standard InChI is InChI=1S/C24H27Br2N8O8/c25-19-7-17(9-27-11-19)15-33(5-3-29-21(33)13-31(37)38)41-23(35)1-2-24(36)42-34(6-4-30-22(34)14-32(39)40)16-18-8-20(26)12-28-10-18/h7-14,29-30H,1-6,15-16H2,(H,37,38)/q+3. The second kappa shape index (κ2) is 13.3. The van der Waals surface area contributed by atoms with Crippen LogP contribution in [0.15, 0.2) is 69.9 Å². The summed E-state index contributed by atoms with van der Waals surface area (Å²) in [7, 11) is 0. The Balaban J connectivity index is 1.49. The van der Waals surface area contributed by atoms with E-state index in [1.165, 1.54) is 0 Å². The number of carbonyl (C=O) groups is 2. The van der Waals surface area contributed by atoms with Gasteiger partial charge in [0, 0.05) is 44.9 Å². The molecule has 2 saturated heterocycles. The van der Waals surface area contributed by atoms with Gasteiger partial charge in [-0.05, 0) is 44.0 Å². The van der Waals surface area contributed by atoms with Gasteiger partial charge < -0.3 is 10.6 Å². The predicted molar refractivity (Wildman–Crippen MR) is 148 cm³/mol. The van der Waals surface area contributed by atoms with Gasteiger partial charge in [-0.2, -0.15) is 0 Å². The summed E-state index contributed by atoms with van der Waals surface area (Å²) in [6.45, 7) is 1.21. The molecule has 0 amide bonds. The molecule has 222 valence electrons. The first-order valence-electron chi connectivity index (χ1n) is 12.6. The van der Waals surface area contributed by atoms with E-state index in [0.29, 0.717) is 33.2 Å². The number of aromatic nitrogens is 2. The molecule has 2 aliphatic rings. The fourth-order valence-electron chi connectivity index (χ4n) is 4.71. The topological polar surface area (TPSA) is 186 Å². The summed E-state index contributed by atoms with van der Waals surface area (Å²) in [5, 5.41) is 26.4. The Morgan fingerprint density at radius 1 is 0.881 bits per heavy atom. The third-order valence-electron chi connectivity index (χ3n) is 6.38. The Bertz CT molecular complexity index is 1350. The van der Waals surface area contributed by atoms with Crippen molar-refractivity contribution in [3.05, 3.63) is 96.1 Å². The van der Waals surface area contributed by atoms with Crippen LogP contribution < -0.4 is 10.6 Å². The summed E-state index contributed by atoms with van der Waals surface area (Å²) in [5.41, 5.74) is 1.32. The van der Waals surface area contributed by atoms with Crippen LogP contribution in [-0.4, -0.2) is 72.4 Å². The highest BCUT2D eigenvalue weighted by Crippen LogP contribution is 2.29. The Hall–Kier alpha value is -4.00. The molecule has 2 fully saturated rings. The van der Waals surface area contributed by atoms with Gasteiger partial charge in [0.15, 0.2) is 13.1 Å². The molecule has 0 saturated carbocycles. The Morgan fingerprint density at radius 2 is 1.33 bits per heavy atom. The molecule has 18 heteroatoms. The van der Waals surface area contributed by atoms with E-state index >= 15 is 0 Å². The van der Waals surface area contributed by atoms with Crippen LogP contribution in [0.25, 0.3) is 0 Å². The molecule has 0 bridgehead atoms. The molecule has 3 N–H and O–H groups in total. The molecule has 4 heterocycles. The second-order valence-electron chi connectivity index (χ2n) is 9.46. The highest BCUT2D eigenvalue weighted by molar-refractivity contribution is 9.10. The minimum Gasteiger partial charge on any atom is -0.327 e. The van der Waals surface area contributed by atoms with Crippen LogP contribution in [-0.2, 0) is 32.4 Å². The average Bonchev–Trinajstić information content (AvgIpc) is 3.45. The van der Waals surface area contributed by atoms with Gasteiger partial charge in [0.1, 0.15) is 13.1 Å². The molecule has 2 atom stereocenters. The predicted octanol–water partition coefficient (Wildman–Crippen LogP) is 2.28. The van der Waals surface area contributed by atoms with Crippen molar-refractivity contribution in [3.8, 4) is 0 Å². The van der Waals surface area contributed by atoms with Gasteiger partial charge in [-0.25, -0.2) is 14.8 Å². The number of nitrogens with zero attached hydrogens (tertiary/aromatic N) is 6. The van der Waals surface area contributed by atoms with E-state index in [1.54, 1.807) is 36.9 Å². The molecule has 2 aromatic heterocycles. The Labute approximate surface area is 255 Å². The molecule has 2 unspecified atom stereocenters. The molecule has 2 aliphatic heterocycles. The van der Waals surface area contributed by atoms with E-state index < -0.39 is 31.1 Å². The maximum atomic E-state index is 13.0. The molecule has 0 aliphatic carbocycles. The largest absolute Gasteiger partial charge is 0.367 e. The van der Waals surface area contributed by atoms with E-state index in [2.05, 4.69) is 52.5 Å². The normalized spacial score (nSPS) is 23.3. The summed E-state index contributed by atoms with van der Waals surface area (Å²) in [4.78, 5) is 67.5. The average molecular weight is 715 g/mol. The number of quaternary nitrogens is 2. The molecule has 16 nitrogen and oxygen atoms in total. The summed E-state index contributed by atoms with van der Waals surface area (Å²) < 4.78 is 0.368. The second-order valence-corrected chi connectivity index (χ2v) is 11.3. The number of halogens is 2. The molecule has 0 aromatic carbocycles. The van der Waals surface area contributed by atoms with Gasteiger partial charge in [-0.1, -0.05) is 9.29 Å². The van der Waals surface area contributed by atoms with Gasteiger partial charge in [0.2, 0.25) is 0 Å². The van der Waals surface area contributed by atoms with Gasteiger partial charge in [0.05, 0.1) is 35.8 Å². The van der Waals surface area contributed by atoms with Gasteiger partial charge in [0.25, 0.3) is 4.92 Å². The SMILES string of the molecule is O=C(CCC(=O)O[N+]1(Cc2cncc(Br)c2)CCNC1=C[N+](=O)O)O[N+]1(Cc2cncc(Br)c2)CCNC1=C[N+](=O)[O-]. The third kappa shape index (κ3) is 7.84. The first-order valence-corrected chi connectivity index (χ1v) is 14.2. The van der Waals surface area contributed by atoms with Crippen molar-refractivity contribution < 1.29 is 43.6 Å². The maximum Gasteiger partial charge on any atom is 0.367 e. The number of hydrogen-bond donors (Lipinski definition) is 3. The zero-order valence-electron chi connectivity index (χ0n) is 22.0. The number of nitro groups is 1. The molecule has 4 rings (SSSR count). The van der Waals surface area contributed by atoms with Crippen molar-refractivity contribution in [1.82, 2.24) is 20.6 Å². The van der Waals surface area contributed by atoms with Crippen LogP contribution >= 0.6 is 31.9 Å². The van der Waals surface area contributed by atoms with E-state index in [1.807, 2.05) is 0 Å². The molecular formula is C24H27Br2N8O8+3. The minimum absolute atomic E-state index is 0.0582. The van der Waals surface area contributed by atoms with Crippen molar-refractivity contribution in [2.45, 2.75) is 25.9 Å². The van der Waals surface area contributed by atoms with Crippen molar-refractivity contribution in [1.29, 1.82) is 0 Å². The molecule has 42 heavy (non-hydrogen) atoms. The number of nitrogens with one attached hydrogen (secondary N) is 2. The van der Waals surface area contributed by atoms with E-state index in [0.717, 1.165) is 12.4 Å². The number of rotatable bonds is 11. The van der Waals surface area contributed by atoms with E-state index in [4.69, 9.17) is 9.68 Å². The summed E-state index contributed by atoms with van der Waals surface area (Å²) in [6, 6.07) is 3.53. The summed E-state index contributed by atoms with van der Waals surface area (Å²) in [6.07, 6.45) is 7.13. The lowest BCUT2D eigenvalue weighted by Crippen LogP contribution is -2.47. The zero-order valence-corrected chi connectivity index (χ0v) is 25.2. The molecule has 0 spiro atoms. The summed E-state index contributed by atoms with van der Waals surface area (Å²) >= 11 is 6.69. The number of carbonyl (C=O) groups excluding carboxylic acids is 2. The van der Waals surface area contributed by atoms with Crippen LogP contribution in [0.3, 0.4) is 0 Å². The van der Waals surface area contributed by atoms with Gasteiger partial charge in [-0.3, -0.25) is 29.8 Å². The van der Waals surface area contributed by atoms with Crippen LogP contribution in [0.4, 0.5) is 0 Å². The lowest BCUT2D eigenvalue weighted by Gasteiger charge is -2.29. The maximum absolute atomic E-state index is 13.0. The monoisotopic (exact) mass is 713 g/mol. The van der Waals surface area contributed by atoms with Crippen LogP contribution in [0.1, 0.15) is 24.0 Å². The molecular weight excluding hydrogens is 688 g/mol. The Morgan fingerprint density at radius 3 is 1.74 bits per heavy atom. The fourth-order valence-corrected chi connectivity index (χ4v) is 5.53. The highest BCUT2D eigenvalue weighted by atomic mass is 79.9. The number of hydroxylamine groups is 6.